The topological polar surface area (TPSA) is 99.2 Å². The molecule has 1 aliphatic rings. The molecule has 1 saturated heterocycles. The number of ether oxygens (including phenoxy) is 3. The first kappa shape index (κ1) is 24.7. The van der Waals surface area contributed by atoms with E-state index in [1.807, 2.05) is 13.8 Å². The molecular formula is C24H29NO7S. The minimum atomic E-state index is -3.62. The van der Waals surface area contributed by atoms with Crippen molar-refractivity contribution in [3.8, 4) is 11.5 Å². The van der Waals surface area contributed by atoms with Crippen LogP contribution < -0.4 is 9.47 Å². The highest BCUT2D eigenvalue weighted by molar-refractivity contribution is 7.89. The molecule has 0 unspecified atom stereocenters. The quantitative estimate of drug-likeness (QED) is 0.427. The molecule has 0 aromatic heterocycles. The molecule has 1 aliphatic heterocycles. The van der Waals surface area contributed by atoms with Crippen LogP contribution in [0.3, 0.4) is 0 Å². The Morgan fingerprint density at radius 3 is 2.27 bits per heavy atom. The Morgan fingerprint density at radius 2 is 1.67 bits per heavy atom. The van der Waals surface area contributed by atoms with E-state index in [0.29, 0.717) is 29.9 Å². The van der Waals surface area contributed by atoms with Gasteiger partial charge < -0.3 is 14.2 Å². The lowest BCUT2D eigenvalue weighted by Crippen LogP contribution is -2.40. The van der Waals surface area contributed by atoms with E-state index in [0.717, 1.165) is 11.1 Å². The molecule has 8 nitrogen and oxygen atoms in total. The summed E-state index contributed by atoms with van der Waals surface area (Å²) >= 11 is 0. The first-order valence-electron chi connectivity index (χ1n) is 10.7. The SMILES string of the molecule is COc1ccc(C(=O)COC(=O)C2CCN(S(=O)(=O)c3ccc(C)c(C)c3)CC2)c(OC)c1. The van der Waals surface area contributed by atoms with E-state index in [9.17, 15) is 18.0 Å². The molecule has 33 heavy (non-hydrogen) atoms. The largest absolute Gasteiger partial charge is 0.497 e. The Morgan fingerprint density at radius 1 is 0.970 bits per heavy atom. The van der Waals surface area contributed by atoms with Gasteiger partial charge in [-0.05, 0) is 62.1 Å². The number of ketones is 1. The van der Waals surface area contributed by atoms with Crippen molar-refractivity contribution in [1.29, 1.82) is 0 Å². The van der Waals surface area contributed by atoms with Gasteiger partial charge in [0.1, 0.15) is 11.5 Å². The summed E-state index contributed by atoms with van der Waals surface area (Å²) in [7, 11) is -0.671. The van der Waals surface area contributed by atoms with E-state index in [-0.39, 0.29) is 18.0 Å². The number of rotatable bonds is 8. The van der Waals surface area contributed by atoms with Gasteiger partial charge in [0.2, 0.25) is 15.8 Å². The van der Waals surface area contributed by atoms with Crippen molar-refractivity contribution in [2.45, 2.75) is 31.6 Å². The van der Waals surface area contributed by atoms with Gasteiger partial charge in [-0.15, -0.1) is 0 Å². The first-order chi connectivity index (χ1) is 15.7. The average molecular weight is 476 g/mol. The van der Waals surface area contributed by atoms with Crippen LogP contribution in [0.1, 0.15) is 34.3 Å². The summed E-state index contributed by atoms with van der Waals surface area (Å²) < 4.78 is 42.9. The third-order valence-corrected chi connectivity index (χ3v) is 7.85. The Hall–Kier alpha value is -2.91. The van der Waals surface area contributed by atoms with Crippen LogP contribution in [0.25, 0.3) is 0 Å². The first-order valence-corrected chi connectivity index (χ1v) is 12.1. The number of esters is 1. The summed E-state index contributed by atoms with van der Waals surface area (Å²) in [5.74, 6) is -0.471. The van der Waals surface area contributed by atoms with E-state index in [1.165, 1.54) is 18.5 Å². The fourth-order valence-electron chi connectivity index (χ4n) is 3.72. The van der Waals surface area contributed by atoms with Crippen LogP contribution >= 0.6 is 0 Å². The maximum absolute atomic E-state index is 12.9. The number of sulfonamides is 1. The van der Waals surface area contributed by atoms with Gasteiger partial charge in [-0.3, -0.25) is 9.59 Å². The third kappa shape index (κ3) is 5.54. The minimum absolute atomic E-state index is 0.218. The van der Waals surface area contributed by atoms with Crippen LogP contribution in [0.15, 0.2) is 41.3 Å². The van der Waals surface area contributed by atoms with Gasteiger partial charge in [0.15, 0.2) is 6.61 Å². The number of carbonyl (C=O) groups excluding carboxylic acids is 2. The van der Waals surface area contributed by atoms with Gasteiger partial charge in [-0.2, -0.15) is 4.31 Å². The van der Waals surface area contributed by atoms with Crippen LogP contribution in [0.4, 0.5) is 0 Å². The fourth-order valence-corrected chi connectivity index (χ4v) is 5.27. The molecule has 9 heteroatoms. The van der Waals surface area contributed by atoms with Gasteiger partial charge in [0, 0.05) is 19.2 Å². The molecule has 0 amide bonds. The lowest BCUT2D eigenvalue weighted by atomic mass is 9.98. The molecule has 2 aromatic carbocycles. The Balaban J connectivity index is 1.56. The molecule has 0 spiro atoms. The summed E-state index contributed by atoms with van der Waals surface area (Å²) in [6.45, 7) is 3.82. The average Bonchev–Trinajstić information content (AvgIpc) is 2.83. The molecular weight excluding hydrogens is 446 g/mol. The lowest BCUT2D eigenvalue weighted by Gasteiger charge is -2.30. The van der Waals surface area contributed by atoms with E-state index in [2.05, 4.69) is 0 Å². The van der Waals surface area contributed by atoms with Gasteiger partial charge >= 0.3 is 5.97 Å². The number of benzene rings is 2. The number of aryl methyl sites for hydroxylation is 2. The van der Waals surface area contributed by atoms with Gasteiger partial charge in [-0.25, -0.2) is 8.42 Å². The zero-order valence-electron chi connectivity index (χ0n) is 19.3. The summed E-state index contributed by atoms with van der Waals surface area (Å²) in [6.07, 6.45) is 0.673. The Bertz CT molecular complexity index is 1140. The molecule has 0 N–H and O–H groups in total. The second-order valence-electron chi connectivity index (χ2n) is 8.02. The number of hydrogen-bond donors (Lipinski definition) is 0. The Kier molecular flexibility index (Phi) is 7.76. The predicted molar refractivity (Wildman–Crippen MR) is 122 cm³/mol. The summed E-state index contributed by atoms with van der Waals surface area (Å²) in [6, 6.07) is 9.84. The van der Waals surface area contributed by atoms with Crippen LogP contribution in [0, 0.1) is 19.8 Å². The van der Waals surface area contributed by atoms with Crippen LogP contribution in [0.5, 0.6) is 11.5 Å². The molecule has 0 radical (unpaired) electrons. The zero-order valence-corrected chi connectivity index (χ0v) is 20.1. The molecule has 1 fully saturated rings. The standard InChI is InChI=1S/C24H29NO7S/c1-16-5-7-20(13-17(16)2)33(28,29)25-11-9-18(10-12-25)24(27)32-15-22(26)21-8-6-19(30-3)14-23(21)31-4/h5-8,13-14,18H,9-12,15H2,1-4H3. The second-order valence-corrected chi connectivity index (χ2v) is 9.96. The maximum Gasteiger partial charge on any atom is 0.309 e. The van der Waals surface area contributed by atoms with E-state index in [4.69, 9.17) is 14.2 Å². The van der Waals surface area contributed by atoms with Crippen molar-refractivity contribution < 1.29 is 32.2 Å². The highest BCUT2D eigenvalue weighted by Gasteiger charge is 2.33. The molecule has 0 atom stereocenters. The molecule has 0 saturated carbocycles. The van der Waals surface area contributed by atoms with Crippen LogP contribution in [-0.2, 0) is 19.6 Å². The molecule has 2 aromatic rings. The van der Waals surface area contributed by atoms with Crippen molar-refractivity contribution in [2.24, 2.45) is 5.92 Å². The normalized spacial score (nSPS) is 15.2. The summed E-state index contributed by atoms with van der Waals surface area (Å²) in [5.41, 5.74) is 2.23. The monoisotopic (exact) mass is 475 g/mol. The fraction of sp³-hybridized carbons (Fsp3) is 0.417. The molecule has 1 heterocycles. The zero-order chi connectivity index (χ0) is 24.2. The van der Waals surface area contributed by atoms with Crippen LogP contribution in [0.2, 0.25) is 0 Å². The number of Topliss-reactive ketones (excluding diaryl/α,β-unsaturated/α-hetero) is 1. The summed E-state index contributed by atoms with van der Waals surface area (Å²) in [4.78, 5) is 25.3. The van der Waals surface area contributed by atoms with E-state index < -0.39 is 34.3 Å². The highest BCUT2D eigenvalue weighted by Crippen LogP contribution is 2.27. The van der Waals surface area contributed by atoms with Crippen molar-refractivity contribution in [3.63, 3.8) is 0 Å². The smallest absolute Gasteiger partial charge is 0.309 e. The highest BCUT2D eigenvalue weighted by atomic mass is 32.2. The Labute approximate surface area is 194 Å². The number of nitrogens with zero attached hydrogens (tertiary/aromatic N) is 1. The van der Waals surface area contributed by atoms with Crippen molar-refractivity contribution in [2.75, 3.05) is 33.9 Å². The van der Waals surface area contributed by atoms with Gasteiger partial charge in [-0.1, -0.05) is 6.07 Å². The second kappa shape index (κ2) is 10.4. The van der Waals surface area contributed by atoms with Crippen molar-refractivity contribution in [3.05, 3.63) is 53.1 Å². The molecule has 178 valence electrons. The lowest BCUT2D eigenvalue weighted by molar-refractivity contribution is -0.148. The number of methoxy groups -OCH3 is 2. The van der Waals surface area contributed by atoms with E-state index >= 15 is 0 Å². The molecule has 0 bridgehead atoms. The number of hydrogen-bond acceptors (Lipinski definition) is 7. The number of carbonyl (C=O) groups is 2. The number of piperidine rings is 1. The van der Waals surface area contributed by atoms with Crippen LogP contribution in [-0.4, -0.2) is 58.4 Å². The third-order valence-electron chi connectivity index (χ3n) is 5.96. The molecule has 3 rings (SSSR count). The van der Waals surface area contributed by atoms with E-state index in [1.54, 1.807) is 36.4 Å². The maximum atomic E-state index is 12.9. The van der Waals surface area contributed by atoms with Crippen molar-refractivity contribution >= 4 is 21.8 Å². The molecule has 0 aliphatic carbocycles. The summed E-state index contributed by atoms with van der Waals surface area (Å²) in [5, 5.41) is 0. The minimum Gasteiger partial charge on any atom is -0.497 e. The van der Waals surface area contributed by atoms with Gasteiger partial charge in [0.25, 0.3) is 0 Å². The predicted octanol–water partition coefficient (Wildman–Crippen LogP) is 3.15. The van der Waals surface area contributed by atoms with Gasteiger partial charge in [0.05, 0.1) is 30.6 Å². The van der Waals surface area contributed by atoms with Crippen molar-refractivity contribution in [1.82, 2.24) is 4.31 Å².